The lowest BCUT2D eigenvalue weighted by atomic mass is 9.87. The van der Waals surface area contributed by atoms with Gasteiger partial charge in [-0.3, -0.25) is 0 Å². The zero-order valence-corrected chi connectivity index (χ0v) is 14.8. The molecular formula is C19H22N2O2S. The van der Waals surface area contributed by atoms with Crippen LogP contribution in [0.15, 0.2) is 42.5 Å². The molecular weight excluding hydrogens is 320 g/mol. The average molecular weight is 342 g/mol. The second kappa shape index (κ2) is 7.53. The van der Waals surface area contributed by atoms with Crippen LogP contribution in [-0.2, 0) is 6.42 Å². The van der Waals surface area contributed by atoms with Crippen molar-refractivity contribution in [2.45, 2.75) is 25.3 Å². The van der Waals surface area contributed by atoms with Crippen molar-refractivity contribution in [2.24, 2.45) is 0 Å². The summed E-state index contributed by atoms with van der Waals surface area (Å²) < 4.78 is 10.5. The first-order valence-electron chi connectivity index (χ1n) is 8.08. The molecule has 1 aliphatic rings. The highest BCUT2D eigenvalue weighted by atomic mass is 32.1. The van der Waals surface area contributed by atoms with Gasteiger partial charge in [0, 0.05) is 5.69 Å². The van der Waals surface area contributed by atoms with Gasteiger partial charge in [-0.25, -0.2) is 0 Å². The summed E-state index contributed by atoms with van der Waals surface area (Å²) in [4.78, 5) is 0. The van der Waals surface area contributed by atoms with E-state index in [1.54, 1.807) is 14.2 Å². The van der Waals surface area contributed by atoms with Crippen LogP contribution < -0.4 is 20.1 Å². The Morgan fingerprint density at radius 3 is 2.46 bits per heavy atom. The first kappa shape index (κ1) is 16.6. The number of aryl methyl sites for hydroxylation is 1. The van der Waals surface area contributed by atoms with Crippen molar-refractivity contribution < 1.29 is 9.47 Å². The number of benzene rings is 2. The zero-order chi connectivity index (χ0) is 16.9. The highest BCUT2D eigenvalue weighted by Crippen LogP contribution is 2.32. The number of fused-ring (bicyclic) bond motifs is 1. The molecule has 24 heavy (non-hydrogen) atoms. The smallest absolute Gasteiger partial charge is 0.171 e. The van der Waals surface area contributed by atoms with E-state index in [1.807, 2.05) is 30.3 Å². The maximum Gasteiger partial charge on any atom is 0.171 e. The molecule has 1 aliphatic carbocycles. The largest absolute Gasteiger partial charge is 0.497 e. The number of ether oxygens (including phenoxy) is 2. The summed E-state index contributed by atoms with van der Waals surface area (Å²) >= 11 is 5.48. The van der Waals surface area contributed by atoms with Crippen LogP contribution in [0.25, 0.3) is 0 Å². The first-order chi connectivity index (χ1) is 11.7. The molecule has 0 fully saturated rings. The SMILES string of the molecule is COc1ccc(NC(=S)NC2CCCc3cc(OC)ccc32)cc1. The molecule has 0 aromatic heterocycles. The Morgan fingerprint density at radius 1 is 1.04 bits per heavy atom. The van der Waals surface area contributed by atoms with Crippen LogP contribution in [0, 0.1) is 0 Å². The molecule has 2 aromatic carbocycles. The number of anilines is 1. The highest BCUT2D eigenvalue weighted by molar-refractivity contribution is 7.80. The monoisotopic (exact) mass is 342 g/mol. The molecule has 0 bridgehead atoms. The molecule has 126 valence electrons. The van der Waals surface area contributed by atoms with Crippen molar-refractivity contribution >= 4 is 23.0 Å². The molecule has 4 nitrogen and oxygen atoms in total. The number of nitrogens with one attached hydrogen (secondary N) is 2. The quantitative estimate of drug-likeness (QED) is 0.820. The molecule has 0 aliphatic heterocycles. The Bertz CT molecular complexity index is 716. The Morgan fingerprint density at radius 2 is 1.75 bits per heavy atom. The van der Waals surface area contributed by atoms with E-state index in [9.17, 15) is 0 Å². The van der Waals surface area contributed by atoms with E-state index < -0.39 is 0 Å². The van der Waals surface area contributed by atoms with Gasteiger partial charge in [0.1, 0.15) is 11.5 Å². The van der Waals surface area contributed by atoms with Crippen LogP contribution in [0.5, 0.6) is 11.5 Å². The van der Waals surface area contributed by atoms with Gasteiger partial charge in [0.25, 0.3) is 0 Å². The normalized spacial score (nSPS) is 16.0. The Balaban J connectivity index is 1.66. The molecule has 0 radical (unpaired) electrons. The van der Waals surface area contributed by atoms with E-state index in [0.29, 0.717) is 5.11 Å². The van der Waals surface area contributed by atoms with Gasteiger partial charge in [-0.15, -0.1) is 0 Å². The Kier molecular flexibility index (Phi) is 5.20. The van der Waals surface area contributed by atoms with Gasteiger partial charge < -0.3 is 20.1 Å². The van der Waals surface area contributed by atoms with Crippen LogP contribution in [0.3, 0.4) is 0 Å². The molecule has 0 saturated carbocycles. The lowest BCUT2D eigenvalue weighted by Crippen LogP contribution is -2.34. The van der Waals surface area contributed by atoms with Crippen molar-refractivity contribution in [1.29, 1.82) is 0 Å². The minimum atomic E-state index is 0.234. The van der Waals surface area contributed by atoms with Crippen molar-refractivity contribution in [3.63, 3.8) is 0 Å². The lowest BCUT2D eigenvalue weighted by Gasteiger charge is -2.28. The molecule has 0 spiro atoms. The number of methoxy groups -OCH3 is 2. The van der Waals surface area contributed by atoms with E-state index >= 15 is 0 Å². The highest BCUT2D eigenvalue weighted by Gasteiger charge is 2.21. The fourth-order valence-corrected chi connectivity index (χ4v) is 3.33. The molecule has 0 saturated heterocycles. The van der Waals surface area contributed by atoms with Crippen LogP contribution >= 0.6 is 12.2 Å². The van der Waals surface area contributed by atoms with Crippen molar-refractivity contribution in [3.8, 4) is 11.5 Å². The second-order valence-electron chi connectivity index (χ2n) is 5.84. The number of rotatable bonds is 4. The number of thiocarbonyl (C=S) groups is 1. The van der Waals surface area contributed by atoms with Crippen molar-refractivity contribution in [1.82, 2.24) is 5.32 Å². The molecule has 1 atom stereocenters. The van der Waals surface area contributed by atoms with Gasteiger partial charge in [0.2, 0.25) is 0 Å². The van der Waals surface area contributed by atoms with Crippen LogP contribution in [0.2, 0.25) is 0 Å². The fourth-order valence-electron chi connectivity index (χ4n) is 3.07. The minimum absolute atomic E-state index is 0.234. The maximum atomic E-state index is 5.48. The number of hydrogen-bond donors (Lipinski definition) is 2. The van der Waals surface area contributed by atoms with Crippen LogP contribution in [-0.4, -0.2) is 19.3 Å². The van der Waals surface area contributed by atoms with E-state index in [1.165, 1.54) is 11.1 Å². The van der Waals surface area contributed by atoms with Gasteiger partial charge in [-0.2, -0.15) is 0 Å². The molecule has 0 amide bonds. The summed E-state index contributed by atoms with van der Waals surface area (Å²) in [6, 6.07) is 14.2. The topological polar surface area (TPSA) is 42.5 Å². The van der Waals surface area contributed by atoms with Gasteiger partial charge in [-0.1, -0.05) is 6.07 Å². The van der Waals surface area contributed by atoms with E-state index in [0.717, 1.165) is 36.4 Å². The summed E-state index contributed by atoms with van der Waals surface area (Å²) in [5.74, 6) is 1.74. The Labute approximate surface area is 148 Å². The van der Waals surface area contributed by atoms with Gasteiger partial charge in [0.05, 0.1) is 20.3 Å². The first-order valence-corrected chi connectivity index (χ1v) is 8.49. The minimum Gasteiger partial charge on any atom is -0.497 e. The molecule has 0 heterocycles. The van der Waals surface area contributed by atoms with Gasteiger partial charge in [0.15, 0.2) is 5.11 Å². The van der Waals surface area contributed by atoms with E-state index in [4.69, 9.17) is 21.7 Å². The summed E-state index contributed by atoms with van der Waals surface area (Å²) in [6.07, 6.45) is 3.30. The summed E-state index contributed by atoms with van der Waals surface area (Å²) in [5.41, 5.74) is 3.59. The fraction of sp³-hybridized carbons (Fsp3) is 0.316. The summed E-state index contributed by atoms with van der Waals surface area (Å²) in [7, 11) is 3.36. The van der Waals surface area contributed by atoms with Crippen molar-refractivity contribution in [2.75, 3.05) is 19.5 Å². The summed E-state index contributed by atoms with van der Waals surface area (Å²) in [6.45, 7) is 0. The van der Waals surface area contributed by atoms with Crippen LogP contribution in [0.1, 0.15) is 30.0 Å². The molecule has 3 rings (SSSR count). The Hall–Kier alpha value is -2.27. The predicted molar refractivity (Wildman–Crippen MR) is 101 cm³/mol. The third-order valence-corrected chi connectivity index (χ3v) is 4.54. The predicted octanol–water partition coefficient (Wildman–Crippen LogP) is 4.07. The molecule has 1 unspecified atom stereocenters. The van der Waals surface area contributed by atoms with E-state index in [2.05, 4.69) is 22.8 Å². The van der Waals surface area contributed by atoms with Crippen molar-refractivity contribution in [3.05, 3.63) is 53.6 Å². The average Bonchev–Trinajstić information content (AvgIpc) is 2.62. The van der Waals surface area contributed by atoms with E-state index in [-0.39, 0.29) is 6.04 Å². The van der Waals surface area contributed by atoms with Gasteiger partial charge in [-0.05, 0) is 79.0 Å². The molecule has 2 N–H and O–H groups in total. The molecule has 2 aromatic rings. The standard InChI is InChI=1S/C19H22N2O2S/c1-22-15-8-6-14(7-9-15)20-19(24)21-18-5-3-4-13-12-16(23-2)10-11-17(13)18/h6-12,18H,3-5H2,1-2H3,(H2,20,21,24). The number of hydrogen-bond acceptors (Lipinski definition) is 3. The lowest BCUT2D eigenvalue weighted by molar-refractivity contribution is 0.412. The van der Waals surface area contributed by atoms with Gasteiger partial charge >= 0.3 is 0 Å². The van der Waals surface area contributed by atoms with Crippen LogP contribution in [0.4, 0.5) is 5.69 Å². The summed E-state index contributed by atoms with van der Waals surface area (Å²) in [5, 5.41) is 7.31. The zero-order valence-electron chi connectivity index (χ0n) is 14.0. The third-order valence-electron chi connectivity index (χ3n) is 4.32. The second-order valence-corrected chi connectivity index (χ2v) is 6.24. The molecule has 5 heteroatoms. The maximum absolute atomic E-state index is 5.48. The third kappa shape index (κ3) is 3.79.